The SMILES string of the molecule is COc1ccc(C)cc1NC(=O)COC(=O)c1nn(-c2cccc(Cl)c2)nc1C. The predicted molar refractivity (Wildman–Crippen MR) is 108 cm³/mol. The van der Waals surface area contributed by atoms with Crippen LogP contribution in [0.5, 0.6) is 5.75 Å². The number of benzene rings is 2. The number of aromatic nitrogens is 3. The molecule has 9 heteroatoms. The zero-order chi connectivity index (χ0) is 21.0. The molecule has 8 nitrogen and oxygen atoms in total. The third-order valence-corrected chi connectivity index (χ3v) is 4.21. The summed E-state index contributed by atoms with van der Waals surface area (Å²) in [6.45, 7) is 3.04. The van der Waals surface area contributed by atoms with Crippen LogP contribution in [0.3, 0.4) is 0 Å². The second kappa shape index (κ2) is 8.74. The number of rotatable bonds is 6. The van der Waals surface area contributed by atoms with Gasteiger partial charge in [-0.15, -0.1) is 5.10 Å². The van der Waals surface area contributed by atoms with E-state index >= 15 is 0 Å². The van der Waals surface area contributed by atoms with Crippen LogP contribution < -0.4 is 10.1 Å². The highest BCUT2D eigenvalue weighted by molar-refractivity contribution is 6.30. The Morgan fingerprint density at radius 3 is 2.66 bits per heavy atom. The van der Waals surface area contributed by atoms with E-state index in [2.05, 4.69) is 15.5 Å². The van der Waals surface area contributed by atoms with Crippen LogP contribution in [0.1, 0.15) is 21.7 Å². The maximum absolute atomic E-state index is 12.3. The van der Waals surface area contributed by atoms with Gasteiger partial charge in [-0.3, -0.25) is 4.79 Å². The van der Waals surface area contributed by atoms with Crippen molar-refractivity contribution in [3.05, 3.63) is 64.4 Å². The summed E-state index contributed by atoms with van der Waals surface area (Å²) >= 11 is 5.97. The Kier molecular flexibility index (Phi) is 6.13. The number of aryl methyl sites for hydroxylation is 2. The van der Waals surface area contributed by atoms with E-state index in [1.807, 2.05) is 13.0 Å². The van der Waals surface area contributed by atoms with Crippen LogP contribution in [0.4, 0.5) is 5.69 Å². The molecule has 29 heavy (non-hydrogen) atoms. The molecule has 0 atom stereocenters. The summed E-state index contributed by atoms with van der Waals surface area (Å²) in [4.78, 5) is 25.8. The molecule has 0 aliphatic heterocycles. The Bertz CT molecular complexity index is 1060. The fourth-order valence-electron chi connectivity index (χ4n) is 2.59. The van der Waals surface area contributed by atoms with Gasteiger partial charge in [0.2, 0.25) is 0 Å². The average molecular weight is 415 g/mol. The zero-order valence-corrected chi connectivity index (χ0v) is 16.9. The molecule has 150 valence electrons. The van der Waals surface area contributed by atoms with Crippen molar-refractivity contribution >= 4 is 29.2 Å². The van der Waals surface area contributed by atoms with Gasteiger partial charge in [0.15, 0.2) is 12.3 Å². The second-order valence-electron chi connectivity index (χ2n) is 6.23. The smallest absolute Gasteiger partial charge is 0.361 e. The Labute approximate surface area is 172 Å². The van der Waals surface area contributed by atoms with Crippen molar-refractivity contribution in [3.8, 4) is 11.4 Å². The Morgan fingerprint density at radius 1 is 1.14 bits per heavy atom. The second-order valence-corrected chi connectivity index (χ2v) is 6.67. The third-order valence-electron chi connectivity index (χ3n) is 3.98. The lowest BCUT2D eigenvalue weighted by Crippen LogP contribution is -2.21. The largest absolute Gasteiger partial charge is 0.495 e. The molecule has 0 saturated carbocycles. The number of amides is 1. The molecule has 1 N–H and O–H groups in total. The number of esters is 1. The molecule has 2 aromatic carbocycles. The molecule has 3 aromatic rings. The maximum Gasteiger partial charge on any atom is 0.361 e. The lowest BCUT2D eigenvalue weighted by Gasteiger charge is -2.11. The minimum atomic E-state index is -0.748. The Hall–Kier alpha value is -3.39. The van der Waals surface area contributed by atoms with Gasteiger partial charge in [0.05, 0.1) is 24.2 Å². The van der Waals surface area contributed by atoms with Gasteiger partial charge in [-0.05, 0) is 49.7 Å². The summed E-state index contributed by atoms with van der Waals surface area (Å²) in [5.74, 6) is -0.736. The molecule has 1 heterocycles. The first kappa shape index (κ1) is 20.3. The quantitative estimate of drug-likeness (QED) is 0.621. The van der Waals surface area contributed by atoms with Crippen LogP contribution >= 0.6 is 11.6 Å². The van der Waals surface area contributed by atoms with Crippen molar-refractivity contribution in [1.29, 1.82) is 0 Å². The van der Waals surface area contributed by atoms with E-state index in [1.54, 1.807) is 43.3 Å². The van der Waals surface area contributed by atoms with Crippen LogP contribution in [0.2, 0.25) is 5.02 Å². The zero-order valence-electron chi connectivity index (χ0n) is 16.1. The first-order valence-corrected chi connectivity index (χ1v) is 9.06. The summed E-state index contributed by atoms with van der Waals surface area (Å²) in [5.41, 5.74) is 2.44. The fraction of sp³-hybridized carbons (Fsp3) is 0.200. The van der Waals surface area contributed by atoms with Crippen LogP contribution in [-0.4, -0.2) is 40.6 Å². The summed E-state index contributed by atoms with van der Waals surface area (Å²) < 4.78 is 10.3. The van der Waals surface area contributed by atoms with Crippen LogP contribution in [0, 0.1) is 13.8 Å². The first-order chi connectivity index (χ1) is 13.9. The van der Waals surface area contributed by atoms with Gasteiger partial charge in [-0.2, -0.15) is 9.90 Å². The van der Waals surface area contributed by atoms with Crippen LogP contribution in [-0.2, 0) is 9.53 Å². The number of halogens is 1. The van der Waals surface area contributed by atoms with Gasteiger partial charge < -0.3 is 14.8 Å². The molecular weight excluding hydrogens is 396 g/mol. The average Bonchev–Trinajstić information content (AvgIpc) is 3.08. The normalized spacial score (nSPS) is 10.5. The van der Waals surface area contributed by atoms with Gasteiger partial charge >= 0.3 is 5.97 Å². The standard InChI is InChI=1S/C20H19ClN4O4/c1-12-7-8-17(28-3)16(9-12)22-18(26)11-29-20(27)19-13(2)23-25(24-19)15-6-4-5-14(21)10-15/h4-10H,11H2,1-3H3,(H,22,26). The van der Waals surface area contributed by atoms with Crippen molar-refractivity contribution in [2.75, 3.05) is 19.0 Å². The molecule has 0 fully saturated rings. The van der Waals surface area contributed by atoms with Gasteiger partial charge in [-0.25, -0.2) is 4.79 Å². The lowest BCUT2D eigenvalue weighted by atomic mass is 10.2. The van der Waals surface area contributed by atoms with Gasteiger partial charge in [0, 0.05) is 5.02 Å². The van der Waals surface area contributed by atoms with Crippen molar-refractivity contribution < 1.29 is 19.1 Å². The minimum Gasteiger partial charge on any atom is -0.495 e. The molecule has 0 aliphatic carbocycles. The van der Waals surface area contributed by atoms with Gasteiger partial charge in [0.25, 0.3) is 5.91 Å². The van der Waals surface area contributed by atoms with E-state index in [4.69, 9.17) is 21.1 Å². The highest BCUT2D eigenvalue weighted by atomic mass is 35.5. The highest BCUT2D eigenvalue weighted by Crippen LogP contribution is 2.25. The van der Waals surface area contributed by atoms with E-state index in [0.29, 0.717) is 27.8 Å². The number of carbonyl (C=O) groups excluding carboxylic acids is 2. The Balaban J connectivity index is 1.65. The third kappa shape index (κ3) is 4.91. The summed E-state index contributed by atoms with van der Waals surface area (Å²) in [6, 6.07) is 12.3. The number of anilines is 1. The fourth-order valence-corrected chi connectivity index (χ4v) is 2.77. The number of methoxy groups -OCH3 is 1. The van der Waals surface area contributed by atoms with Crippen molar-refractivity contribution in [1.82, 2.24) is 15.0 Å². The molecule has 0 unspecified atom stereocenters. The molecule has 0 aliphatic rings. The van der Waals surface area contributed by atoms with Crippen molar-refractivity contribution in [2.45, 2.75) is 13.8 Å². The van der Waals surface area contributed by atoms with Crippen LogP contribution in [0.15, 0.2) is 42.5 Å². The molecule has 3 rings (SSSR count). The number of ether oxygens (including phenoxy) is 2. The van der Waals surface area contributed by atoms with E-state index in [0.717, 1.165) is 5.56 Å². The van der Waals surface area contributed by atoms with Crippen molar-refractivity contribution in [2.24, 2.45) is 0 Å². The van der Waals surface area contributed by atoms with Crippen molar-refractivity contribution in [3.63, 3.8) is 0 Å². The summed E-state index contributed by atoms with van der Waals surface area (Å²) in [7, 11) is 1.51. The number of hydrogen-bond donors (Lipinski definition) is 1. The number of nitrogens with one attached hydrogen (secondary N) is 1. The molecule has 0 radical (unpaired) electrons. The predicted octanol–water partition coefficient (Wildman–Crippen LogP) is 3.34. The number of nitrogens with zero attached hydrogens (tertiary/aromatic N) is 3. The summed E-state index contributed by atoms with van der Waals surface area (Å²) in [6.07, 6.45) is 0. The number of carbonyl (C=O) groups is 2. The Morgan fingerprint density at radius 2 is 1.93 bits per heavy atom. The topological polar surface area (TPSA) is 95.3 Å². The highest BCUT2D eigenvalue weighted by Gasteiger charge is 2.19. The summed E-state index contributed by atoms with van der Waals surface area (Å²) in [5, 5.41) is 11.5. The molecule has 0 bridgehead atoms. The van der Waals surface area contributed by atoms with E-state index < -0.39 is 18.5 Å². The minimum absolute atomic E-state index is 0.0194. The first-order valence-electron chi connectivity index (χ1n) is 8.69. The van der Waals surface area contributed by atoms with Gasteiger partial charge in [-0.1, -0.05) is 23.7 Å². The van der Waals surface area contributed by atoms with E-state index in [1.165, 1.54) is 11.9 Å². The monoisotopic (exact) mass is 414 g/mol. The van der Waals surface area contributed by atoms with Gasteiger partial charge in [0.1, 0.15) is 5.75 Å². The molecule has 1 amide bonds. The van der Waals surface area contributed by atoms with Crippen LogP contribution in [0.25, 0.3) is 5.69 Å². The molecular formula is C20H19ClN4O4. The number of hydrogen-bond acceptors (Lipinski definition) is 6. The molecule has 0 saturated heterocycles. The van der Waals surface area contributed by atoms with E-state index in [9.17, 15) is 9.59 Å². The maximum atomic E-state index is 12.3. The van der Waals surface area contributed by atoms with E-state index in [-0.39, 0.29) is 5.69 Å². The molecule has 0 spiro atoms. The molecule has 1 aromatic heterocycles. The lowest BCUT2D eigenvalue weighted by molar-refractivity contribution is -0.119.